The minimum Gasteiger partial charge on any atom is -0.395 e. The molecule has 0 aliphatic rings. The molecule has 0 aliphatic carbocycles. The molecule has 0 heterocycles. The molecule has 0 fully saturated rings. The van der Waals surface area contributed by atoms with E-state index in [2.05, 4.69) is 0 Å². The summed E-state index contributed by atoms with van der Waals surface area (Å²) in [5, 5.41) is 26.9. The first-order valence-electron chi connectivity index (χ1n) is 4.86. The summed E-state index contributed by atoms with van der Waals surface area (Å²) >= 11 is 0. The fraction of sp³-hybridized carbons (Fsp3) is 1.00. The second-order valence-electron chi connectivity index (χ2n) is 3.19. The summed E-state index contributed by atoms with van der Waals surface area (Å²) in [4.78, 5) is 1.86. The first-order valence-corrected chi connectivity index (χ1v) is 4.86. The second-order valence-corrected chi connectivity index (χ2v) is 3.19. The highest BCUT2D eigenvalue weighted by molar-refractivity contribution is 4.63. The van der Waals surface area contributed by atoms with Crippen LogP contribution in [-0.2, 0) is 0 Å². The summed E-state index contributed by atoms with van der Waals surface area (Å²) in [6.45, 7) is 3.72. The Kier molecular flexibility index (Phi) is 18.7. The highest BCUT2D eigenvalue weighted by atomic mass is 16.3. The summed E-state index contributed by atoms with van der Waals surface area (Å²) in [5.74, 6) is 0. The molecule has 4 nitrogen and oxygen atoms in total. The molecule has 0 aromatic carbocycles. The molecule has 0 bridgehead atoms. The number of aliphatic hydroxyl groups excluding tert-OH is 3. The van der Waals surface area contributed by atoms with E-state index in [0.29, 0.717) is 19.6 Å². The van der Waals surface area contributed by atoms with Crippen LogP contribution in [0, 0.1) is 0 Å². The van der Waals surface area contributed by atoms with Crippen molar-refractivity contribution in [3.05, 3.63) is 0 Å². The second kappa shape index (κ2) is 13.8. The van der Waals surface area contributed by atoms with Crippen LogP contribution in [0.1, 0.15) is 34.6 Å². The van der Waals surface area contributed by atoms with E-state index in [1.54, 1.807) is 0 Å². The van der Waals surface area contributed by atoms with E-state index in [9.17, 15) is 5.11 Å². The van der Waals surface area contributed by atoms with Crippen LogP contribution in [0.15, 0.2) is 0 Å². The molecular formula is C11H29NO3. The Bertz CT molecular complexity index is 106. The minimum atomic E-state index is -0.344. The van der Waals surface area contributed by atoms with E-state index in [1.807, 2.05) is 11.8 Å². The van der Waals surface area contributed by atoms with E-state index in [-0.39, 0.29) is 34.2 Å². The Morgan fingerprint density at radius 1 is 1.07 bits per heavy atom. The zero-order chi connectivity index (χ0) is 10.1. The maximum atomic E-state index is 9.47. The van der Waals surface area contributed by atoms with Gasteiger partial charge in [0.15, 0.2) is 0 Å². The van der Waals surface area contributed by atoms with Gasteiger partial charge in [-0.3, -0.25) is 4.90 Å². The Morgan fingerprint density at radius 2 is 1.53 bits per heavy atom. The highest BCUT2D eigenvalue weighted by Gasteiger charge is 2.09. The van der Waals surface area contributed by atoms with Gasteiger partial charge in [0.05, 0.1) is 19.3 Å². The van der Waals surface area contributed by atoms with E-state index in [0.717, 1.165) is 12.8 Å². The van der Waals surface area contributed by atoms with Gasteiger partial charge in [-0.1, -0.05) is 28.2 Å². The van der Waals surface area contributed by atoms with Crippen LogP contribution in [0.3, 0.4) is 0 Å². The fourth-order valence-corrected chi connectivity index (χ4v) is 1.30. The van der Waals surface area contributed by atoms with Crippen molar-refractivity contribution in [1.82, 2.24) is 4.90 Å². The Hall–Kier alpha value is -0.160. The van der Waals surface area contributed by atoms with Gasteiger partial charge < -0.3 is 15.3 Å². The van der Waals surface area contributed by atoms with Gasteiger partial charge >= 0.3 is 0 Å². The molecule has 0 radical (unpaired) electrons. The smallest absolute Gasteiger partial charge is 0.0667 e. The molecule has 96 valence electrons. The molecule has 0 rings (SSSR count). The van der Waals surface area contributed by atoms with Crippen molar-refractivity contribution in [3.8, 4) is 0 Å². The van der Waals surface area contributed by atoms with Crippen molar-refractivity contribution in [2.45, 2.75) is 40.7 Å². The molecule has 0 saturated heterocycles. The van der Waals surface area contributed by atoms with Crippen LogP contribution in [0.5, 0.6) is 0 Å². The lowest BCUT2D eigenvalue weighted by molar-refractivity contribution is 0.0821. The Labute approximate surface area is 94.5 Å². The Balaban J connectivity index is -0.000000720. The van der Waals surface area contributed by atoms with E-state index < -0.39 is 0 Å². The van der Waals surface area contributed by atoms with Crippen LogP contribution in [0.25, 0.3) is 0 Å². The Morgan fingerprint density at radius 3 is 1.87 bits per heavy atom. The maximum absolute atomic E-state index is 9.47. The third-order valence-corrected chi connectivity index (χ3v) is 1.92. The first-order chi connectivity index (χ1) is 6.24. The van der Waals surface area contributed by atoms with Gasteiger partial charge in [-0.05, 0) is 6.42 Å². The molecule has 1 unspecified atom stereocenters. The molecule has 0 spiro atoms. The summed E-state index contributed by atoms with van der Waals surface area (Å²) in [6, 6.07) is 0. The summed E-state index contributed by atoms with van der Waals surface area (Å²) in [5.41, 5.74) is 0. The van der Waals surface area contributed by atoms with Gasteiger partial charge in [-0.2, -0.15) is 0 Å². The van der Waals surface area contributed by atoms with Crippen LogP contribution in [0.4, 0.5) is 0 Å². The maximum Gasteiger partial charge on any atom is 0.0667 e. The standard InChI is InChI=1S/C9H21NO3.2CH4/c1-2-3-9(13)8-10(4-6-11)5-7-12;;/h9,11-13H,2-8H2,1H3;2*1H4. The van der Waals surface area contributed by atoms with Crippen molar-refractivity contribution in [1.29, 1.82) is 0 Å². The number of aliphatic hydroxyl groups is 3. The minimum absolute atomic E-state index is 0. The quantitative estimate of drug-likeness (QED) is 0.567. The van der Waals surface area contributed by atoms with Crippen molar-refractivity contribution in [3.63, 3.8) is 0 Å². The van der Waals surface area contributed by atoms with Gasteiger partial charge in [0, 0.05) is 19.6 Å². The van der Waals surface area contributed by atoms with E-state index >= 15 is 0 Å². The van der Waals surface area contributed by atoms with Gasteiger partial charge in [-0.15, -0.1) is 0 Å². The molecule has 0 aromatic heterocycles. The third kappa shape index (κ3) is 11.8. The molecule has 15 heavy (non-hydrogen) atoms. The fourth-order valence-electron chi connectivity index (χ4n) is 1.30. The summed E-state index contributed by atoms with van der Waals surface area (Å²) in [6.07, 6.45) is 1.38. The molecule has 4 heteroatoms. The predicted molar refractivity (Wildman–Crippen MR) is 65.0 cm³/mol. The lowest BCUT2D eigenvalue weighted by Crippen LogP contribution is -2.36. The lowest BCUT2D eigenvalue weighted by Gasteiger charge is -2.22. The zero-order valence-corrected chi connectivity index (χ0v) is 8.32. The topological polar surface area (TPSA) is 63.9 Å². The molecule has 0 aliphatic heterocycles. The van der Waals surface area contributed by atoms with E-state index in [4.69, 9.17) is 10.2 Å². The SMILES string of the molecule is C.C.CCCC(O)CN(CCO)CCO. The zero-order valence-electron chi connectivity index (χ0n) is 8.32. The van der Waals surface area contributed by atoms with Crippen molar-refractivity contribution in [2.24, 2.45) is 0 Å². The lowest BCUT2D eigenvalue weighted by atomic mass is 10.2. The number of hydrogen-bond acceptors (Lipinski definition) is 4. The van der Waals surface area contributed by atoms with Gasteiger partial charge in [0.25, 0.3) is 0 Å². The number of rotatable bonds is 8. The van der Waals surface area contributed by atoms with Crippen LogP contribution >= 0.6 is 0 Å². The number of nitrogens with zero attached hydrogens (tertiary/aromatic N) is 1. The van der Waals surface area contributed by atoms with Crippen molar-refractivity contribution in [2.75, 3.05) is 32.8 Å². The van der Waals surface area contributed by atoms with Gasteiger partial charge in [-0.25, -0.2) is 0 Å². The highest BCUT2D eigenvalue weighted by Crippen LogP contribution is 1.99. The molecule has 0 amide bonds. The molecule has 0 saturated carbocycles. The van der Waals surface area contributed by atoms with Crippen molar-refractivity contribution < 1.29 is 15.3 Å². The third-order valence-electron chi connectivity index (χ3n) is 1.92. The monoisotopic (exact) mass is 223 g/mol. The first kappa shape index (κ1) is 20.3. The average molecular weight is 223 g/mol. The van der Waals surface area contributed by atoms with Crippen LogP contribution in [-0.4, -0.2) is 59.2 Å². The van der Waals surface area contributed by atoms with Crippen molar-refractivity contribution >= 4 is 0 Å². The van der Waals surface area contributed by atoms with E-state index in [1.165, 1.54) is 0 Å². The average Bonchev–Trinajstić information content (AvgIpc) is 2.05. The summed E-state index contributed by atoms with van der Waals surface area (Å²) < 4.78 is 0. The van der Waals surface area contributed by atoms with Gasteiger partial charge in [0.1, 0.15) is 0 Å². The van der Waals surface area contributed by atoms with Crippen LogP contribution in [0.2, 0.25) is 0 Å². The van der Waals surface area contributed by atoms with Gasteiger partial charge in [0.2, 0.25) is 0 Å². The normalized spacial score (nSPS) is 11.8. The largest absolute Gasteiger partial charge is 0.395 e. The predicted octanol–water partition coefficient (Wildman–Crippen LogP) is 0.706. The molecule has 3 N–H and O–H groups in total. The van der Waals surface area contributed by atoms with Crippen LogP contribution < -0.4 is 0 Å². The number of hydrogen-bond donors (Lipinski definition) is 3. The molecule has 1 atom stereocenters. The molecule has 0 aromatic rings. The summed E-state index contributed by atoms with van der Waals surface area (Å²) in [7, 11) is 0. The molecular weight excluding hydrogens is 194 g/mol.